The van der Waals surface area contributed by atoms with Crippen molar-refractivity contribution in [1.82, 2.24) is 9.97 Å². The van der Waals surface area contributed by atoms with E-state index in [4.69, 9.17) is 10.5 Å². The number of nitrogens with zero attached hydrogens (tertiary/aromatic N) is 2. The Bertz CT molecular complexity index is 949. The van der Waals surface area contributed by atoms with Gasteiger partial charge in [0.05, 0.1) is 29.6 Å². The quantitative estimate of drug-likeness (QED) is 0.593. The summed E-state index contributed by atoms with van der Waals surface area (Å²) >= 11 is 0. The Morgan fingerprint density at radius 1 is 1.14 bits per heavy atom. The van der Waals surface area contributed by atoms with Crippen LogP contribution in [0.5, 0.6) is 5.75 Å². The summed E-state index contributed by atoms with van der Waals surface area (Å²) in [5, 5.41) is 0.866. The second kappa shape index (κ2) is 8.19. The number of ether oxygens (including phenoxy) is 1. The molecule has 0 aliphatic rings. The van der Waals surface area contributed by atoms with Gasteiger partial charge >= 0.3 is 0 Å². The first-order valence-electron chi connectivity index (χ1n) is 9.28. The molecule has 3 aromatic rings. The van der Waals surface area contributed by atoms with Crippen molar-refractivity contribution in [2.75, 3.05) is 6.61 Å². The fourth-order valence-electron chi connectivity index (χ4n) is 3.41. The summed E-state index contributed by atoms with van der Waals surface area (Å²) < 4.78 is 33.1. The number of nitrogens with two attached hydrogens (primary N) is 1. The molecule has 2 aromatic heterocycles. The number of para-hydroxylation sites is 1. The zero-order chi connectivity index (χ0) is 20.3. The van der Waals surface area contributed by atoms with E-state index < -0.39 is 6.43 Å². The van der Waals surface area contributed by atoms with E-state index in [1.54, 1.807) is 12.3 Å². The minimum absolute atomic E-state index is 0.110. The average Bonchev–Trinajstić information content (AvgIpc) is 2.64. The highest BCUT2D eigenvalue weighted by Crippen LogP contribution is 2.34. The van der Waals surface area contributed by atoms with E-state index in [1.807, 2.05) is 45.0 Å². The van der Waals surface area contributed by atoms with Crippen molar-refractivity contribution >= 4 is 10.9 Å². The monoisotopic (exact) mass is 385 g/mol. The zero-order valence-corrected chi connectivity index (χ0v) is 16.3. The lowest BCUT2D eigenvalue weighted by Gasteiger charge is -2.23. The van der Waals surface area contributed by atoms with Crippen LogP contribution in [-0.4, -0.2) is 22.1 Å². The van der Waals surface area contributed by atoms with Crippen LogP contribution in [0.4, 0.5) is 8.78 Å². The van der Waals surface area contributed by atoms with Crippen molar-refractivity contribution in [2.24, 2.45) is 11.7 Å². The maximum atomic E-state index is 13.7. The molecular weight excluding hydrogens is 360 g/mol. The Morgan fingerprint density at radius 2 is 1.89 bits per heavy atom. The van der Waals surface area contributed by atoms with Gasteiger partial charge in [-0.1, -0.05) is 25.1 Å². The van der Waals surface area contributed by atoms with Gasteiger partial charge in [-0.25, -0.2) is 8.78 Å². The topological polar surface area (TPSA) is 61.0 Å². The van der Waals surface area contributed by atoms with Gasteiger partial charge in [0, 0.05) is 22.7 Å². The SMILES string of the molecule is C[C@H](COc1cnc(-c2ccnc3ccccc23)cc1C(F)F)CC(C)(C)N. The van der Waals surface area contributed by atoms with Gasteiger partial charge in [0.1, 0.15) is 5.75 Å². The van der Waals surface area contributed by atoms with Crippen LogP contribution in [0.15, 0.2) is 48.8 Å². The molecule has 0 amide bonds. The molecule has 0 saturated heterocycles. The highest BCUT2D eigenvalue weighted by atomic mass is 19.3. The standard InChI is InChI=1S/C22H25F2N3O/c1-14(11-22(2,3)25)13-28-20-12-27-19(10-17(20)21(23)24)16-8-9-26-18-7-5-4-6-15(16)18/h4-10,12,14,21H,11,13,25H2,1-3H3/t14-/m0/s1. The summed E-state index contributed by atoms with van der Waals surface area (Å²) in [4.78, 5) is 8.69. The lowest BCUT2D eigenvalue weighted by molar-refractivity contribution is 0.142. The predicted octanol–water partition coefficient (Wildman–Crippen LogP) is 5.38. The van der Waals surface area contributed by atoms with Gasteiger partial charge in [-0.05, 0) is 44.4 Å². The van der Waals surface area contributed by atoms with E-state index in [1.165, 1.54) is 12.3 Å². The number of fused-ring (bicyclic) bond motifs is 1. The number of hydrogen-bond acceptors (Lipinski definition) is 4. The van der Waals surface area contributed by atoms with E-state index in [0.29, 0.717) is 12.3 Å². The summed E-state index contributed by atoms with van der Waals surface area (Å²) in [5.74, 6) is 0.244. The molecule has 2 heterocycles. The number of benzene rings is 1. The number of hydrogen-bond donors (Lipinski definition) is 1. The lowest BCUT2D eigenvalue weighted by Crippen LogP contribution is -2.35. The van der Waals surface area contributed by atoms with E-state index >= 15 is 0 Å². The van der Waals surface area contributed by atoms with E-state index in [-0.39, 0.29) is 22.8 Å². The molecule has 0 aliphatic heterocycles. The molecule has 0 bridgehead atoms. The molecule has 1 aromatic carbocycles. The molecule has 6 heteroatoms. The van der Waals surface area contributed by atoms with Gasteiger partial charge in [-0.15, -0.1) is 0 Å². The summed E-state index contributed by atoms with van der Waals surface area (Å²) in [6.07, 6.45) is 1.10. The molecule has 28 heavy (non-hydrogen) atoms. The normalized spacial score (nSPS) is 13.1. The molecule has 0 radical (unpaired) electrons. The first-order chi connectivity index (χ1) is 13.2. The summed E-state index contributed by atoms with van der Waals surface area (Å²) in [6.45, 7) is 6.16. The number of halogens is 2. The molecule has 3 rings (SSSR count). The minimum atomic E-state index is -2.66. The van der Waals surface area contributed by atoms with Crippen molar-refractivity contribution in [1.29, 1.82) is 0 Å². The summed E-state index contributed by atoms with van der Waals surface area (Å²) in [6, 6.07) is 10.7. The molecule has 2 N–H and O–H groups in total. The van der Waals surface area contributed by atoms with Crippen LogP contribution in [0, 0.1) is 5.92 Å². The third kappa shape index (κ3) is 4.81. The minimum Gasteiger partial charge on any atom is -0.491 e. The van der Waals surface area contributed by atoms with Crippen LogP contribution in [-0.2, 0) is 0 Å². The molecular formula is C22H25F2N3O. The average molecular weight is 385 g/mol. The Kier molecular flexibility index (Phi) is 5.89. The number of pyridine rings is 2. The summed E-state index contributed by atoms with van der Waals surface area (Å²) in [5.41, 5.74) is 7.55. The van der Waals surface area contributed by atoms with Crippen molar-refractivity contribution < 1.29 is 13.5 Å². The van der Waals surface area contributed by atoms with E-state index in [2.05, 4.69) is 9.97 Å². The third-order valence-electron chi connectivity index (χ3n) is 4.46. The zero-order valence-electron chi connectivity index (χ0n) is 16.3. The first kappa shape index (κ1) is 20.1. The molecule has 0 spiro atoms. The molecule has 0 unspecified atom stereocenters. The van der Waals surface area contributed by atoms with Gasteiger partial charge in [-0.2, -0.15) is 0 Å². The van der Waals surface area contributed by atoms with Crippen LogP contribution in [0.25, 0.3) is 22.2 Å². The van der Waals surface area contributed by atoms with Crippen LogP contribution in [0.2, 0.25) is 0 Å². The van der Waals surface area contributed by atoms with Gasteiger partial charge < -0.3 is 10.5 Å². The number of aromatic nitrogens is 2. The van der Waals surface area contributed by atoms with Crippen molar-refractivity contribution in [3.63, 3.8) is 0 Å². The first-order valence-corrected chi connectivity index (χ1v) is 9.28. The molecule has 1 atom stereocenters. The largest absolute Gasteiger partial charge is 0.491 e. The number of rotatable bonds is 7. The second-order valence-electron chi connectivity index (χ2n) is 7.89. The van der Waals surface area contributed by atoms with Crippen molar-refractivity contribution in [3.8, 4) is 17.0 Å². The van der Waals surface area contributed by atoms with Crippen molar-refractivity contribution in [2.45, 2.75) is 39.2 Å². The molecule has 0 saturated carbocycles. The van der Waals surface area contributed by atoms with Crippen LogP contribution < -0.4 is 10.5 Å². The van der Waals surface area contributed by atoms with Gasteiger partial charge in [0.25, 0.3) is 6.43 Å². The highest BCUT2D eigenvalue weighted by molar-refractivity contribution is 5.93. The molecule has 0 fully saturated rings. The predicted molar refractivity (Wildman–Crippen MR) is 107 cm³/mol. The van der Waals surface area contributed by atoms with Gasteiger partial charge in [0.2, 0.25) is 0 Å². The Hall–Kier alpha value is -2.60. The van der Waals surface area contributed by atoms with Crippen LogP contribution in [0.1, 0.15) is 39.2 Å². The number of alkyl halides is 2. The van der Waals surface area contributed by atoms with E-state index in [9.17, 15) is 8.78 Å². The maximum absolute atomic E-state index is 13.7. The fraction of sp³-hybridized carbons (Fsp3) is 0.364. The molecule has 0 aliphatic carbocycles. The van der Waals surface area contributed by atoms with Crippen molar-refractivity contribution in [3.05, 3.63) is 54.4 Å². The van der Waals surface area contributed by atoms with Crippen LogP contribution in [0.3, 0.4) is 0 Å². The smallest absolute Gasteiger partial charge is 0.267 e. The Morgan fingerprint density at radius 3 is 2.61 bits per heavy atom. The Labute approximate surface area is 163 Å². The van der Waals surface area contributed by atoms with E-state index in [0.717, 1.165) is 22.9 Å². The highest BCUT2D eigenvalue weighted by Gasteiger charge is 2.20. The van der Waals surface area contributed by atoms with Gasteiger partial charge in [-0.3, -0.25) is 9.97 Å². The summed E-state index contributed by atoms with van der Waals surface area (Å²) in [7, 11) is 0. The Balaban J connectivity index is 1.89. The lowest BCUT2D eigenvalue weighted by atomic mass is 9.93. The second-order valence-corrected chi connectivity index (χ2v) is 7.89. The molecule has 148 valence electrons. The maximum Gasteiger partial charge on any atom is 0.267 e. The third-order valence-corrected chi connectivity index (χ3v) is 4.46. The molecule has 4 nitrogen and oxygen atoms in total. The fourth-order valence-corrected chi connectivity index (χ4v) is 3.41. The van der Waals surface area contributed by atoms with Gasteiger partial charge in [0.15, 0.2) is 0 Å². The van der Waals surface area contributed by atoms with Crippen LogP contribution >= 0.6 is 0 Å².